The molecule has 0 aromatic rings. The van der Waals surface area contributed by atoms with Gasteiger partial charge in [0.1, 0.15) is 0 Å². The van der Waals surface area contributed by atoms with Crippen molar-refractivity contribution in [2.24, 2.45) is 11.2 Å². The molecule has 1 heterocycles. The highest BCUT2D eigenvalue weighted by Crippen LogP contribution is 2.18. The number of rotatable bonds is 2. The summed E-state index contributed by atoms with van der Waals surface area (Å²) in [6.45, 7) is 3.90. The maximum Gasteiger partial charge on any atom is 0.0524 e. The summed E-state index contributed by atoms with van der Waals surface area (Å²) in [7, 11) is 0. The van der Waals surface area contributed by atoms with Crippen molar-refractivity contribution in [3.8, 4) is 0 Å². The summed E-state index contributed by atoms with van der Waals surface area (Å²) >= 11 is 0. The minimum Gasteiger partial charge on any atom is -0.261 e. The molecule has 0 N–H and O–H groups in total. The van der Waals surface area contributed by atoms with E-state index in [9.17, 15) is 4.91 Å². The van der Waals surface area contributed by atoms with E-state index in [4.69, 9.17) is 0 Å². The zero-order valence-corrected chi connectivity index (χ0v) is 6.42. The van der Waals surface area contributed by atoms with Gasteiger partial charge in [-0.15, -0.1) is 4.91 Å². The normalized spacial score (nSPS) is 26.5. The molecule has 0 saturated carbocycles. The van der Waals surface area contributed by atoms with Crippen LogP contribution in [0.25, 0.3) is 0 Å². The molecule has 1 fully saturated rings. The Morgan fingerprint density at radius 3 is 3.10 bits per heavy atom. The van der Waals surface area contributed by atoms with E-state index in [2.05, 4.69) is 12.2 Å². The number of hydrogen-bond donors (Lipinski definition) is 0. The fourth-order valence-corrected chi connectivity index (χ4v) is 1.45. The van der Waals surface area contributed by atoms with Gasteiger partial charge in [-0.3, -0.25) is 5.01 Å². The summed E-state index contributed by atoms with van der Waals surface area (Å²) in [4.78, 5) is 10.1. The van der Waals surface area contributed by atoms with Crippen LogP contribution in [0.15, 0.2) is 5.29 Å². The molecule has 0 radical (unpaired) electrons. The first kappa shape index (κ1) is 7.51. The predicted octanol–water partition coefficient (Wildman–Crippen LogP) is 1.79. The van der Waals surface area contributed by atoms with Crippen LogP contribution >= 0.6 is 0 Å². The van der Waals surface area contributed by atoms with Gasteiger partial charge in [0, 0.05) is 13.1 Å². The van der Waals surface area contributed by atoms with Gasteiger partial charge in [0.05, 0.1) is 5.29 Å². The van der Waals surface area contributed by atoms with Crippen molar-refractivity contribution in [1.82, 2.24) is 5.01 Å². The average molecular weight is 142 g/mol. The van der Waals surface area contributed by atoms with Crippen LogP contribution in [0.5, 0.6) is 0 Å². The molecular formula is C7H14N2O. The Morgan fingerprint density at radius 2 is 2.50 bits per heavy atom. The quantitative estimate of drug-likeness (QED) is 0.550. The van der Waals surface area contributed by atoms with Crippen LogP contribution < -0.4 is 0 Å². The number of nitroso groups, excluding NO2 is 1. The molecule has 3 nitrogen and oxygen atoms in total. The minimum atomic E-state index is 0.700. The maximum absolute atomic E-state index is 10.1. The van der Waals surface area contributed by atoms with Crippen molar-refractivity contribution in [2.45, 2.75) is 26.2 Å². The largest absolute Gasteiger partial charge is 0.261 e. The molecule has 0 bridgehead atoms. The Labute approximate surface area is 61.3 Å². The summed E-state index contributed by atoms with van der Waals surface area (Å²) in [5.74, 6) is 0.700. The Hall–Kier alpha value is -0.600. The molecule has 10 heavy (non-hydrogen) atoms. The Kier molecular flexibility index (Phi) is 2.66. The molecule has 1 rings (SSSR count). The standard InChI is InChI=1S/C7H14N2O/c1-2-7-4-3-5-9(6-7)8-10/h7H,2-6H2,1H3/t7-/m1/s1. The van der Waals surface area contributed by atoms with Gasteiger partial charge in [-0.25, -0.2) is 0 Å². The van der Waals surface area contributed by atoms with E-state index in [1.165, 1.54) is 12.8 Å². The van der Waals surface area contributed by atoms with Crippen molar-refractivity contribution in [2.75, 3.05) is 13.1 Å². The van der Waals surface area contributed by atoms with E-state index in [1.807, 2.05) is 0 Å². The van der Waals surface area contributed by atoms with E-state index < -0.39 is 0 Å². The molecule has 1 saturated heterocycles. The van der Waals surface area contributed by atoms with Gasteiger partial charge in [0.15, 0.2) is 0 Å². The number of piperidine rings is 1. The van der Waals surface area contributed by atoms with Crippen molar-refractivity contribution in [1.29, 1.82) is 0 Å². The van der Waals surface area contributed by atoms with E-state index in [0.717, 1.165) is 19.5 Å². The Morgan fingerprint density at radius 1 is 1.70 bits per heavy atom. The van der Waals surface area contributed by atoms with Crippen LogP contribution in [0.2, 0.25) is 0 Å². The third-order valence-corrected chi connectivity index (χ3v) is 2.19. The van der Waals surface area contributed by atoms with Crippen LogP contribution in [-0.4, -0.2) is 18.1 Å². The van der Waals surface area contributed by atoms with E-state index in [-0.39, 0.29) is 0 Å². The second-order valence-corrected chi connectivity index (χ2v) is 2.91. The Balaban J connectivity index is 2.31. The van der Waals surface area contributed by atoms with Gasteiger partial charge in [-0.2, -0.15) is 0 Å². The molecule has 0 unspecified atom stereocenters. The monoisotopic (exact) mass is 142 g/mol. The zero-order chi connectivity index (χ0) is 7.40. The van der Waals surface area contributed by atoms with Crippen molar-refractivity contribution in [3.05, 3.63) is 4.91 Å². The predicted molar refractivity (Wildman–Crippen MR) is 40.4 cm³/mol. The highest BCUT2D eigenvalue weighted by molar-refractivity contribution is 4.68. The lowest BCUT2D eigenvalue weighted by Gasteiger charge is -2.27. The smallest absolute Gasteiger partial charge is 0.0524 e. The lowest BCUT2D eigenvalue weighted by atomic mass is 9.97. The average Bonchev–Trinajstić information content (AvgIpc) is 2.05. The van der Waals surface area contributed by atoms with Crippen LogP contribution in [0.1, 0.15) is 26.2 Å². The second kappa shape index (κ2) is 3.54. The van der Waals surface area contributed by atoms with Crippen LogP contribution in [0.4, 0.5) is 0 Å². The van der Waals surface area contributed by atoms with Gasteiger partial charge in [0.2, 0.25) is 0 Å². The Bertz CT molecular complexity index is 116. The topological polar surface area (TPSA) is 32.7 Å². The first-order valence-corrected chi connectivity index (χ1v) is 3.95. The molecule has 0 aromatic carbocycles. The lowest BCUT2D eigenvalue weighted by molar-refractivity contribution is 0.175. The van der Waals surface area contributed by atoms with Crippen molar-refractivity contribution in [3.63, 3.8) is 0 Å². The SMILES string of the molecule is CC[C@@H]1CCCN(N=O)C1. The number of nitrogens with zero attached hydrogens (tertiary/aromatic N) is 2. The molecule has 58 valence electrons. The van der Waals surface area contributed by atoms with Crippen LogP contribution in [0, 0.1) is 10.8 Å². The first-order valence-electron chi connectivity index (χ1n) is 3.95. The lowest BCUT2D eigenvalue weighted by Crippen LogP contribution is -2.30. The van der Waals surface area contributed by atoms with Crippen molar-refractivity contribution < 1.29 is 0 Å². The summed E-state index contributed by atoms with van der Waals surface area (Å²) < 4.78 is 0. The van der Waals surface area contributed by atoms with E-state index in [0.29, 0.717) is 5.92 Å². The van der Waals surface area contributed by atoms with Gasteiger partial charge < -0.3 is 0 Å². The van der Waals surface area contributed by atoms with E-state index in [1.54, 1.807) is 5.01 Å². The molecular weight excluding hydrogens is 128 g/mol. The van der Waals surface area contributed by atoms with Gasteiger partial charge in [0.25, 0.3) is 0 Å². The molecule has 1 aliphatic heterocycles. The molecule has 3 heteroatoms. The summed E-state index contributed by atoms with van der Waals surface area (Å²) in [6.07, 6.45) is 3.57. The third kappa shape index (κ3) is 1.69. The zero-order valence-electron chi connectivity index (χ0n) is 6.42. The maximum atomic E-state index is 10.1. The molecule has 0 aromatic heterocycles. The molecule has 0 spiro atoms. The second-order valence-electron chi connectivity index (χ2n) is 2.91. The molecule has 1 atom stereocenters. The highest BCUT2D eigenvalue weighted by atomic mass is 16.3. The molecule has 1 aliphatic rings. The van der Waals surface area contributed by atoms with Crippen molar-refractivity contribution >= 4 is 0 Å². The van der Waals surface area contributed by atoms with Crippen LogP contribution in [0.3, 0.4) is 0 Å². The molecule has 0 aliphatic carbocycles. The summed E-state index contributed by atoms with van der Waals surface area (Å²) in [6, 6.07) is 0. The van der Waals surface area contributed by atoms with Gasteiger partial charge in [-0.1, -0.05) is 13.3 Å². The van der Waals surface area contributed by atoms with Gasteiger partial charge in [-0.05, 0) is 18.8 Å². The highest BCUT2D eigenvalue weighted by Gasteiger charge is 2.17. The fourth-order valence-electron chi connectivity index (χ4n) is 1.45. The van der Waals surface area contributed by atoms with Crippen LogP contribution in [-0.2, 0) is 0 Å². The third-order valence-electron chi connectivity index (χ3n) is 2.19. The minimum absolute atomic E-state index is 0.700. The molecule has 0 amide bonds. The fraction of sp³-hybridized carbons (Fsp3) is 1.00. The van der Waals surface area contributed by atoms with E-state index >= 15 is 0 Å². The van der Waals surface area contributed by atoms with Gasteiger partial charge >= 0.3 is 0 Å². The number of hydrogen-bond acceptors (Lipinski definition) is 2. The summed E-state index contributed by atoms with van der Waals surface area (Å²) in [5.41, 5.74) is 0. The summed E-state index contributed by atoms with van der Waals surface area (Å²) in [5, 5.41) is 4.57. The first-order chi connectivity index (χ1) is 4.86.